The van der Waals surface area contributed by atoms with Gasteiger partial charge >= 0.3 is 6.18 Å². The van der Waals surface area contributed by atoms with Gasteiger partial charge in [0, 0.05) is 38.4 Å². The first-order valence-corrected chi connectivity index (χ1v) is 10.8. The van der Waals surface area contributed by atoms with Crippen LogP contribution < -0.4 is 4.74 Å². The van der Waals surface area contributed by atoms with Gasteiger partial charge in [-0.25, -0.2) is 22.2 Å². The van der Waals surface area contributed by atoms with E-state index in [4.69, 9.17) is 11.6 Å². The van der Waals surface area contributed by atoms with Crippen LogP contribution in [-0.2, 0) is 10.0 Å². The zero-order chi connectivity index (χ0) is 23.7. The number of ether oxygens (including phenoxy) is 1. The van der Waals surface area contributed by atoms with Gasteiger partial charge in [-0.1, -0.05) is 11.6 Å². The van der Waals surface area contributed by atoms with Crippen molar-refractivity contribution in [3.05, 3.63) is 52.7 Å². The van der Waals surface area contributed by atoms with Gasteiger partial charge < -0.3 is 9.64 Å². The van der Waals surface area contributed by atoms with Crippen molar-refractivity contribution in [2.75, 3.05) is 32.8 Å². The summed E-state index contributed by atoms with van der Waals surface area (Å²) >= 11 is 5.84. The van der Waals surface area contributed by atoms with Gasteiger partial charge in [-0.15, -0.1) is 0 Å². The highest BCUT2D eigenvalue weighted by Gasteiger charge is 2.33. The number of carbonyl (C=O) groups is 1. The largest absolute Gasteiger partial charge is 0.467 e. The fourth-order valence-electron chi connectivity index (χ4n) is 2.94. The highest BCUT2D eigenvalue weighted by molar-refractivity contribution is 7.89. The molecule has 1 saturated heterocycles. The molecule has 2 heterocycles. The quantitative estimate of drug-likeness (QED) is 0.591. The SMILES string of the molecule is O=C(c1cnc(OCC(F)(F)F)c(Cl)c1)N1CCN(S(=O)(=O)c2ccc(F)cc2F)CC1. The Morgan fingerprint density at radius 2 is 1.78 bits per heavy atom. The van der Waals surface area contributed by atoms with Gasteiger partial charge in [0.2, 0.25) is 15.9 Å². The molecule has 0 N–H and O–H groups in total. The van der Waals surface area contributed by atoms with Crippen LogP contribution >= 0.6 is 11.6 Å². The Balaban J connectivity index is 1.66. The van der Waals surface area contributed by atoms with Crippen LogP contribution in [0.4, 0.5) is 22.0 Å². The lowest BCUT2D eigenvalue weighted by molar-refractivity contribution is -0.154. The predicted octanol–water partition coefficient (Wildman–Crippen LogP) is 3.10. The monoisotopic (exact) mass is 499 g/mol. The second kappa shape index (κ2) is 9.16. The first kappa shape index (κ1) is 24.1. The van der Waals surface area contributed by atoms with Crippen LogP contribution in [0, 0.1) is 11.6 Å². The number of aromatic nitrogens is 1. The van der Waals surface area contributed by atoms with E-state index < -0.39 is 51.1 Å². The van der Waals surface area contributed by atoms with E-state index in [0.29, 0.717) is 6.07 Å². The number of alkyl halides is 3. The minimum absolute atomic E-state index is 0.0322. The molecule has 0 atom stereocenters. The maximum absolute atomic E-state index is 13.9. The van der Waals surface area contributed by atoms with Gasteiger partial charge in [-0.3, -0.25) is 4.79 Å². The molecule has 2 aromatic rings. The summed E-state index contributed by atoms with van der Waals surface area (Å²) in [6.45, 7) is -2.01. The van der Waals surface area contributed by atoms with Crippen molar-refractivity contribution < 1.29 is 39.9 Å². The molecule has 3 rings (SSSR count). The van der Waals surface area contributed by atoms with Crippen molar-refractivity contribution in [3.63, 3.8) is 0 Å². The van der Waals surface area contributed by atoms with Crippen molar-refractivity contribution in [2.45, 2.75) is 11.1 Å². The number of nitrogens with zero attached hydrogens (tertiary/aromatic N) is 3. The molecule has 1 fully saturated rings. The summed E-state index contributed by atoms with van der Waals surface area (Å²) in [6.07, 6.45) is -3.59. The van der Waals surface area contributed by atoms with E-state index in [1.54, 1.807) is 0 Å². The molecule has 0 radical (unpaired) electrons. The van der Waals surface area contributed by atoms with Crippen LogP contribution in [0.3, 0.4) is 0 Å². The Hall–Kier alpha value is -2.51. The Morgan fingerprint density at radius 3 is 2.34 bits per heavy atom. The van der Waals surface area contributed by atoms with Crippen molar-refractivity contribution in [1.82, 2.24) is 14.2 Å². The van der Waals surface area contributed by atoms with Crippen LogP contribution in [0.15, 0.2) is 35.4 Å². The number of hydrogen-bond donors (Lipinski definition) is 0. The van der Waals surface area contributed by atoms with Gasteiger partial charge in [0.05, 0.1) is 5.56 Å². The molecule has 0 unspecified atom stereocenters. The number of benzene rings is 1. The second-order valence-electron chi connectivity index (χ2n) is 6.69. The average Bonchev–Trinajstić information content (AvgIpc) is 2.71. The summed E-state index contributed by atoms with van der Waals surface area (Å²) in [5.41, 5.74) is -0.0322. The molecular formula is C18H15ClF5N3O4S. The molecule has 174 valence electrons. The number of halogens is 6. The Morgan fingerprint density at radius 1 is 1.12 bits per heavy atom. The summed E-state index contributed by atoms with van der Waals surface area (Å²) in [5.74, 6) is -3.21. The second-order valence-corrected chi connectivity index (χ2v) is 9.00. The van der Waals surface area contributed by atoms with Crippen molar-refractivity contribution >= 4 is 27.5 Å². The van der Waals surface area contributed by atoms with Crippen LogP contribution in [0.25, 0.3) is 0 Å². The predicted molar refractivity (Wildman–Crippen MR) is 102 cm³/mol. The number of amides is 1. The number of rotatable bonds is 5. The molecule has 0 saturated carbocycles. The van der Waals surface area contributed by atoms with E-state index in [2.05, 4.69) is 9.72 Å². The summed E-state index contributed by atoms with van der Waals surface area (Å²) in [4.78, 5) is 16.9. The highest BCUT2D eigenvalue weighted by atomic mass is 35.5. The highest BCUT2D eigenvalue weighted by Crippen LogP contribution is 2.26. The third kappa shape index (κ3) is 5.45. The number of carbonyl (C=O) groups excluding carboxylic acids is 1. The molecule has 1 aliphatic heterocycles. The third-order valence-corrected chi connectivity index (χ3v) is 6.67. The van der Waals surface area contributed by atoms with Gasteiger partial charge in [0.1, 0.15) is 21.6 Å². The normalized spacial score (nSPS) is 15.6. The molecule has 1 aromatic carbocycles. The molecule has 1 aliphatic rings. The average molecular weight is 500 g/mol. The van der Waals surface area contributed by atoms with Crippen LogP contribution in [0.1, 0.15) is 10.4 Å². The van der Waals surface area contributed by atoms with Crippen molar-refractivity contribution in [3.8, 4) is 5.88 Å². The van der Waals surface area contributed by atoms with Gasteiger partial charge in [0.25, 0.3) is 5.91 Å². The summed E-state index contributed by atoms with van der Waals surface area (Å²) in [5, 5.41) is -0.298. The topological polar surface area (TPSA) is 79.8 Å². The van der Waals surface area contributed by atoms with E-state index in [1.807, 2.05) is 0 Å². The Labute approximate surface area is 184 Å². The standard InChI is InChI=1S/C18H15ClF5N3O4S/c19-13-7-11(9-25-16(13)31-10-18(22,23)24)17(28)26-3-5-27(6-4-26)32(29,30)15-2-1-12(20)8-14(15)21/h1-2,7-9H,3-6,10H2. The number of hydrogen-bond acceptors (Lipinski definition) is 5. The lowest BCUT2D eigenvalue weighted by Gasteiger charge is -2.34. The summed E-state index contributed by atoms with van der Waals surface area (Å²) < 4.78 is 94.4. The van der Waals surface area contributed by atoms with Crippen LogP contribution in [-0.4, -0.2) is 67.5 Å². The third-order valence-electron chi connectivity index (χ3n) is 4.46. The molecule has 32 heavy (non-hydrogen) atoms. The smallest absolute Gasteiger partial charge is 0.422 e. The number of piperazine rings is 1. The number of sulfonamides is 1. The Bertz CT molecular complexity index is 1120. The zero-order valence-corrected chi connectivity index (χ0v) is 17.6. The van der Waals surface area contributed by atoms with Crippen molar-refractivity contribution in [2.24, 2.45) is 0 Å². The summed E-state index contributed by atoms with van der Waals surface area (Å²) in [7, 11) is -4.24. The fourth-order valence-corrected chi connectivity index (χ4v) is 4.62. The lowest BCUT2D eigenvalue weighted by atomic mass is 10.2. The van der Waals surface area contributed by atoms with E-state index >= 15 is 0 Å². The molecule has 0 bridgehead atoms. The Kier molecular flexibility index (Phi) is 6.91. The minimum Gasteiger partial charge on any atom is -0.467 e. The zero-order valence-electron chi connectivity index (χ0n) is 16.1. The van der Waals surface area contributed by atoms with Crippen LogP contribution in [0.2, 0.25) is 5.02 Å². The summed E-state index contributed by atoms with van der Waals surface area (Å²) in [6, 6.07) is 3.22. The molecule has 7 nitrogen and oxygen atoms in total. The maximum Gasteiger partial charge on any atom is 0.422 e. The molecule has 0 spiro atoms. The van der Waals surface area contributed by atoms with Crippen LogP contribution in [0.5, 0.6) is 5.88 Å². The fraction of sp³-hybridized carbons (Fsp3) is 0.333. The van der Waals surface area contributed by atoms with Gasteiger partial charge in [0.15, 0.2) is 6.61 Å². The van der Waals surface area contributed by atoms with Crippen molar-refractivity contribution in [1.29, 1.82) is 0 Å². The van der Waals surface area contributed by atoms with Gasteiger partial charge in [-0.05, 0) is 18.2 Å². The first-order valence-electron chi connectivity index (χ1n) is 8.98. The molecular weight excluding hydrogens is 485 g/mol. The first-order chi connectivity index (χ1) is 14.9. The maximum atomic E-state index is 13.9. The molecule has 0 aliphatic carbocycles. The number of pyridine rings is 1. The minimum atomic E-state index is -4.59. The van der Waals surface area contributed by atoms with Gasteiger partial charge in [-0.2, -0.15) is 17.5 Å². The molecule has 1 aromatic heterocycles. The lowest BCUT2D eigenvalue weighted by Crippen LogP contribution is -2.50. The molecule has 1 amide bonds. The van der Waals surface area contributed by atoms with E-state index in [9.17, 15) is 35.2 Å². The van der Waals surface area contributed by atoms with E-state index in [-0.39, 0.29) is 36.8 Å². The van der Waals surface area contributed by atoms with E-state index in [1.165, 1.54) is 4.90 Å². The molecule has 14 heteroatoms. The van der Waals surface area contributed by atoms with E-state index in [0.717, 1.165) is 28.7 Å².